The Balaban J connectivity index is 1.69. The highest BCUT2D eigenvalue weighted by Gasteiger charge is 2.44. The number of fused-ring (bicyclic) bond motifs is 1. The molecule has 0 aliphatic carbocycles. The largest absolute Gasteiger partial charge is 0.394 e. The van der Waals surface area contributed by atoms with E-state index in [2.05, 4.69) is 20.3 Å². The van der Waals surface area contributed by atoms with E-state index in [0.717, 1.165) is 0 Å². The van der Waals surface area contributed by atoms with Crippen LogP contribution in [0, 0.1) is 5.82 Å². The molecule has 0 unspecified atom stereocenters. The van der Waals surface area contributed by atoms with Crippen LogP contribution in [-0.4, -0.2) is 59.8 Å². The van der Waals surface area contributed by atoms with Gasteiger partial charge in [-0.3, -0.25) is 4.57 Å². The molecule has 1 fully saturated rings. The fourth-order valence-corrected chi connectivity index (χ4v) is 2.94. The Labute approximate surface area is 146 Å². The number of benzene rings is 1. The van der Waals surface area contributed by atoms with Gasteiger partial charge < -0.3 is 25.4 Å². The number of rotatable bonds is 4. The molecule has 9 nitrogen and oxygen atoms in total. The smallest absolute Gasteiger partial charge is 0.167 e. The zero-order valence-electron chi connectivity index (χ0n) is 13.4. The number of aromatic nitrogens is 4. The standard InChI is InChI=1S/C16H16FN5O4/c17-8-2-1-3-9(4-8)21-14-11-15(19-6-18-14)22(7-20-11)16-13(25)12(24)10(5-23)26-16/h1-4,6-7,10,12-13,16,23-25H,5H2,(H,18,19,21)/t10-,12+,13+,16-/m1/s1. The summed E-state index contributed by atoms with van der Waals surface area (Å²) in [7, 11) is 0. The molecule has 4 atom stereocenters. The Hall–Kier alpha value is -2.66. The van der Waals surface area contributed by atoms with Crippen molar-refractivity contribution in [3.63, 3.8) is 0 Å². The fraction of sp³-hybridized carbons (Fsp3) is 0.312. The molecule has 26 heavy (non-hydrogen) atoms. The molecule has 0 saturated carbocycles. The third kappa shape index (κ3) is 2.78. The number of nitrogens with zero attached hydrogens (tertiary/aromatic N) is 4. The van der Waals surface area contributed by atoms with Gasteiger partial charge in [-0.1, -0.05) is 6.07 Å². The first-order valence-electron chi connectivity index (χ1n) is 7.91. The highest BCUT2D eigenvalue weighted by Crippen LogP contribution is 2.32. The van der Waals surface area contributed by atoms with Crippen LogP contribution in [0.5, 0.6) is 0 Å². The molecular formula is C16H16FN5O4. The number of nitrogens with one attached hydrogen (secondary N) is 1. The van der Waals surface area contributed by atoms with E-state index in [1.54, 1.807) is 12.1 Å². The van der Waals surface area contributed by atoms with Crippen molar-refractivity contribution in [2.75, 3.05) is 11.9 Å². The Morgan fingerprint density at radius 3 is 2.77 bits per heavy atom. The second kappa shape index (κ2) is 6.57. The molecule has 4 N–H and O–H groups in total. The van der Waals surface area contributed by atoms with Gasteiger partial charge in [-0.15, -0.1) is 0 Å². The molecule has 1 saturated heterocycles. The van der Waals surface area contributed by atoms with Crippen LogP contribution in [-0.2, 0) is 4.74 Å². The van der Waals surface area contributed by atoms with Crippen molar-refractivity contribution in [2.24, 2.45) is 0 Å². The first kappa shape index (κ1) is 16.8. The predicted octanol–water partition coefficient (Wildman–Crippen LogP) is 0.320. The van der Waals surface area contributed by atoms with Crippen molar-refractivity contribution in [3.8, 4) is 0 Å². The van der Waals surface area contributed by atoms with E-state index in [4.69, 9.17) is 4.74 Å². The predicted molar refractivity (Wildman–Crippen MR) is 88.0 cm³/mol. The van der Waals surface area contributed by atoms with E-state index in [1.165, 1.54) is 29.4 Å². The van der Waals surface area contributed by atoms with E-state index in [1.807, 2.05) is 0 Å². The molecular weight excluding hydrogens is 345 g/mol. The molecule has 1 aliphatic rings. The minimum absolute atomic E-state index is 0.353. The number of aliphatic hydroxyl groups is 3. The number of imidazole rings is 1. The Morgan fingerprint density at radius 2 is 2.04 bits per heavy atom. The van der Waals surface area contributed by atoms with E-state index < -0.39 is 37.0 Å². The lowest BCUT2D eigenvalue weighted by molar-refractivity contribution is -0.0511. The fourth-order valence-electron chi connectivity index (χ4n) is 2.94. The Kier molecular flexibility index (Phi) is 4.24. The SMILES string of the molecule is OC[C@H]1O[C@@H](n2cnc3c(Nc4cccc(F)c4)ncnc32)[C@@H](O)[C@H]1O. The quantitative estimate of drug-likeness (QED) is 0.524. The highest BCUT2D eigenvalue weighted by molar-refractivity contribution is 5.85. The second-order valence-electron chi connectivity index (χ2n) is 5.91. The minimum atomic E-state index is -1.25. The summed E-state index contributed by atoms with van der Waals surface area (Å²) >= 11 is 0. The molecule has 1 aromatic carbocycles. The number of halogens is 1. The Morgan fingerprint density at radius 1 is 1.19 bits per heavy atom. The number of anilines is 2. The summed E-state index contributed by atoms with van der Waals surface area (Å²) in [5.41, 5.74) is 1.23. The van der Waals surface area contributed by atoms with E-state index >= 15 is 0 Å². The van der Waals surface area contributed by atoms with Crippen molar-refractivity contribution < 1.29 is 24.4 Å². The van der Waals surface area contributed by atoms with Crippen LogP contribution >= 0.6 is 0 Å². The van der Waals surface area contributed by atoms with Gasteiger partial charge >= 0.3 is 0 Å². The summed E-state index contributed by atoms with van der Waals surface area (Å²) in [6, 6.07) is 5.89. The lowest BCUT2D eigenvalue weighted by atomic mass is 10.1. The van der Waals surface area contributed by atoms with Crippen LogP contribution in [0.1, 0.15) is 6.23 Å². The maximum Gasteiger partial charge on any atom is 0.167 e. The number of aliphatic hydroxyl groups excluding tert-OH is 3. The van der Waals surface area contributed by atoms with Gasteiger partial charge in [0.2, 0.25) is 0 Å². The van der Waals surface area contributed by atoms with Gasteiger partial charge in [0.1, 0.15) is 30.5 Å². The summed E-state index contributed by atoms with van der Waals surface area (Å²) in [5.74, 6) is -0.0385. The first-order chi connectivity index (χ1) is 12.6. The van der Waals surface area contributed by atoms with Gasteiger partial charge in [-0.2, -0.15) is 0 Å². The van der Waals surface area contributed by atoms with Gasteiger partial charge in [0.25, 0.3) is 0 Å². The molecule has 0 radical (unpaired) electrons. The third-order valence-electron chi connectivity index (χ3n) is 4.24. The van der Waals surface area contributed by atoms with Crippen LogP contribution in [0.3, 0.4) is 0 Å². The van der Waals surface area contributed by atoms with E-state index in [-0.39, 0.29) is 0 Å². The zero-order valence-corrected chi connectivity index (χ0v) is 13.4. The van der Waals surface area contributed by atoms with Crippen molar-refractivity contribution in [1.82, 2.24) is 19.5 Å². The van der Waals surface area contributed by atoms with Gasteiger partial charge in [0.15, 0.2) is 23.2 Å². The van der Waals surface area contributed by atoms with Crippen LogP contribution in [0.4, 0.5) is 15.9 Å². The van der Waals surface area contributed by atoms with Gasteiger partial charge in [0.05, 0.1) is 12.9 Å². The topological polar surface area (TPSA) is 126 Å². The lowest BCUT2D eigenvalue weighted by Crippen LogP contribution is -2.33. The van der Waals surface area contributed by atoms with Crippen molar-refractivity contribution in [3.05, 3.63) is 42.7 Å². The molecule has 1 aliphatic heterocycles. The average Bonchev–Trinajstić information content (AvgIpc) is 3.18. The summed E-state index contributed by atoms with van der Waals surface area (Å²) < 4.78 is 20.3. The maximum absolute atomic E-state index is 13.4. The molecule has 3 aromatic rings. The van der Waals surface area contributed by atoms with Crippen molar-refractivity contribution in [2.45, 2.75) is 24.5 Å². The third-order valence-corrected chi connectivity index (χ3v) is 4.24. The summed E-state index contributed by atoms with van der Waals surface area (Å²) in [4.78, 5) is 12.5. The van der Waals surface area contributed by atoms with E-state index in [0.29, 0.717) is 22.7 Å². The molecule has 0 spiro atoms. The van der Waals surface area contributed by atoms with Crippen LogP contribution in [0.15, 0.2) is 36.9 Å². The lowest BCUT2D eigenvalue weighted by Gasteiger charge is -2.16. The van der Waals surface area contributed by atoms with Gasteiger partial charge in [-0.05, 0) is 18.2 Å². The van der Waals surface area contributed by atoms with E-state index in [9.17, 15) is 19.7 Å². The Bertz CT molecular complexity index is 936. The van der Waals surface area contributed by atoms with Crippen LogP contribution < -0.4 is 5.32 Å². The minimum Gasteiger partial charge on any atom is -0.394 e. The maximum atomic E-state index is 13.4. The molecule has 0 bridgehead atoms. The average molecular weight is 361 g/mol. The van der Waals surface area contributed by atoms with Crippen LogP contribution in [0.25, 0.3) is 11.2 Å². The molecule has 3 heterocycles. The summed E-state index contributed by atoms with van der Waals surface area (Å²) in [6.07, 6.45) is -1.64. The molecule has 10 heteroatoms. The van der Waals surface area contributed by atoms with Gasteiger partial charge in [0, 0.05) is 5.69 Å². The molecule has 0 amide bonds. The highest BCUT2D eigenvalue weighted by atomic mass is 19.1. The van der Waals surface area contributed by atoms with Gasteiger partial charge in [-0.25, -0.2) is 19.3 Å². The van der Waals surface area contributed by atoms with Crippen molar-refractivity contribution in [1.29, 1.82) is 0 Å². The second-order valence-corrected chi connectivity index (χ2v) is 5.91. The summed E-state index contributed by atoms with van der Waals surface area (Å²) in [6.45, 7) is -0.428. The molecule has 136 valence electrons. The number of hydrogen-bond donors (Lipinski definition) is 4. The summed E-state index contributed by atoms with van der Waals surface area (Å²) in [5, 5.41) is 32.3. The monoisotopic (exact) mass is 361 g/mol. The molecule has 2 aromatic heterocycles. The zero-order chi connectivity index (χ0) is 18.3. The first-order valence-corrected chi connectivity index (χ1v) is 7.91. The van der Waals surface area contributed by atoms with Crippen molar-refractivity contribution >= 4 is 22.7 Å². The molecule has 4 rings (SSSR count). The number of ether oxygens (including phenoxy) is 1. The number of hydrogen-bond acceptors (Lipinski definition) is 8. The van der Waals surface area contributed by atoms with Crippen LogP contribution in [0.2, 0.25) is 0 Å². The normalized spacial score (nSPS) is 25.7.